The first-order valence-corrected chi connectivity index (χ1v) is 6.61. The maximum absolute atomic E-state index is 9.33. The second-order valence-electron chi connectivity index (χ2n) is 4.14. The van der Waals surface area contributed by atoms with Crippen LogP contribution in [0.1, 0.15) is 5.56 Å². The molecule has 0 spiro atoms. The molecule has 0 aliphatic carbocycles. The van der Waals surface area contributed by atoms with Crippen LogP contribution in [0.2, 0.25) is 0 Å². The maximum atomic E-state index is 9.33. The van der Waals surface area contributed by atoms with Gasteiger partial charge < -0.3 is 10.3 Å². The van der Waals surface area contributed by atoms with Crippen molar-refractivity contribution in [3.8, 4) is 6.07 Å². The van der Waals surface area contributed by atoms with Crippen LogP contribution in [-0.2, 0) is 0 Å². The first kappa shape index (κ1) is 11.8. The number of hydrogen-bond acceptors (Lipinski definition) is 2. The summed E-state index contributed by atoms with van der Waals surface area (Å²) >= 11 is 3.48. The number of aromatic amines is 1. The van der Waals surface area contributed by atoms with Crippen molar-refractivity contribution in [2.75, 3.05) is 5.32 Å². The highest BCUT2D eigenvalue weighted by molar-refractivity contribution is 9.10. The molecule has 1 aromatic heterocycles. The number of nitrogens with zero attached hydrogens (tertiary/aromatic N) is 1. The van der Waals surface area contributed by atoms with Gasteiger partial charge in [0.25, 0.3) is 0 Å². The Hall–Kier alpha value is -2.25. The van der Waals surface area contributed by atoms with Gasteiger partial charge in [-0.2, -0.15) is 5.26 Å². The van der Waals surface area contributed by atoms with Crippen LogP contribution in [0.25, 0.3) is 10.9 Å². The molecule has 0 amide bonds. The molecular weight excluding hydrogens is 302 g/mol. The number of nitrogens with one attached hydrogen (secondary N) is 2. The Morgan fingerprint density at radius 1 is 1.05 bits per heavy atom. The molecule has 0 fully saturated rings. The number of halogens is 1. The van der Waals surface area contributed by atoms with Crippen LogP contribution >= 0.6 is 15.9 Å². The lowest BCUT2D eigenvalue weighted by atomic mass is 10.2. The number of H-pyrrole nitrogens is 1. The van der Waals surface area contributed by atoms with Crippen LogP contribution in [0.15, 0.2) is 53.0 Å². The zero-order chi connectivity index (χ0) is 13.2. The van der Waals surface area contributed by atoms with Crippen LogP contribution < -0.4 is 5.32 Å². The van der Waals surface area contributed by atoms with E-state index in [4.69, 9.17) is 0 Å². The van der Waals surface area contributed by atoms with Crippen LogP contribution in [0.4, 0.5) is 11.5 Å². The monoisotopic (exact) mass is 311 g/mol. The minimum atomic E-state index is 0.631. The van der Waals surface area contributed by atoms with Gasteiger partial charge in [0.2, 0.25) is 0 Å². The van der Waals surface area contributed by atoms with E-state index < -0.39 is 0 Å². The highest BCUT2D eigenvalue weighted by atomic mass is 79.9. The average Bonchev–Trinajstić information content (AvgIpc) is 2.78. The van der Waals surface area contributed by atoms with Crippen LogP contribution in [0.5, 0.6) is 0 Å². The molecule has 0 bridgehead atoms. The molecule has 19 heavy (non-hydrogen) atoms. The van der Waals surface area contributed by atoms with Gasteiger partial charge in [0.15, 0.2) is 0 Å². The van der Waals surface area contributed by atoms with Crippen molar-refractivity contribution in [1.82, 2.24) is 4.98 Å². The molecular formula is C15H10BrN3. The Morgan fingerprint density at radius 2 is 1.79 bits per heavy atom. The maximum Gasteiger partial charge on any atom is 0.127 e. The minimum Gasteiger partial charge on any atom is -0.340 e. The van der Waals surface area contributed by atoms with E-state index >= 15 is 0 Å². The number of nitriles is 1. The van der Waals surface area contributed by atoms with Crippen molar-refractivity contribution in [3.05, 3.63) is 58.6 Å². The minimum absolute atomic E-state index is 0.631. The van der Waals surface area contributed by atoms with Gasteiger partial charge in [0.05, 0.1) is 5.69 Å². The Balaban J connectivity index is 2.11. The van der Waals surface area contributed by atoms with Crippen LogP contribution in [0.3, 0.4) is 0 Å². The summed E-state index contributed by atoms with van der Waals surface area (Å²) in [5, 5.41) is 13.5. The number of aromatic nitrogens is 1. The fourth-order valence-corrected chi connectivity index (χ4v) is 2.43. The largest absolute Gasteiger partial charge is 0.340 e. The SMILES string of the molecule is N#Cc1c(Nc2ccccc2Br)[nH]c2ccccc12. The van der Waals surface area contributed by atoms with Gasteiger partial charge in [0, 0.05) is 15.4 Å². The van der Waals surface area contributed by atoms with Gasteiger partial charge in [-0.3, -0.25) is 0 Å². The molecule has 0 unspecified atom stereocenters. The summed E-state index contributed by atoms with van der Waals surface area (Å²) in [5.41, 5.74) is 2.51. The topological polar surface area (TPSA) is 51.6 Å². The Bertz CT molecular complexity index is 783. The smallest absolute Gasteiger partial charge is 0.127 e. The van der Waals surface area contributed by atoms with E-state index in [0.29, 0.717) is 5.56 Å². The van der Waals surface area contributed by atoms with Crippen molar-refractivity contribution in [3.63, 3.8) is 0 Å². The third kappa shape index (κ3) is 2.09. The second kappa shape index (κ2) is 4.79. The highest BCUT2D eigenvalue weighted by Crippen LogP contribution is 2.30. The van der Waals surface area contributed by atoms with Gasteiger partial charge in [-0.05, 0) is 34.1 Å². The quantitative estimate of drug-likeness (QED) is 0.729. The number of fused-ring (bicyclic) bond motifs is 1. The van der Waals surface area contributed by atoms with E-state index in [9.17, 15) is 5.26 Å². The van der Waals surface area contributed by atoms with Crippen molar-refractivity contribution in [1.29, 1.82) is 5.26 Å². The summed E-state index contributed by atoms with van der Waals surface area (Å²) < 4.78 is 0.956. The molecule has 0 aliphatic heterocycles. The lowest BCUT2D eigenvalue weighted by molar-refractivity contribution is 1.39. The predicted molar refractivity (Wildman–Crippen MR) is 80.4 cm³/mol. The summed E-state index contributed by atoms with van der Waals surface area (Å²) in [5.74, 6) is 0.718. The fourth-order valence-electron chi connectivity index (χ4n) is 2.05. The molecule has 0 radical (unpaired) electrons. The second-order valence-corrected chi connectivity index (χ2v) is 4.99. The Morgan fingerprint density at radius 3 is 2.58 bits per heavy atom. The van der Waals surface area contributed by atoms with E-state index in [2.05, 4.69) is 32.3 Å². The Labute approximate surface area is 119 Å². The summed E-state index contributed by atoms with van der Waals surface area (Å²) in [7, 11) is 0. The first-order chi connectivity index (χ1) is 9.29. The lowest BCUT2D eigenvalue weighted by Crippen LogP contribution is -1.93. The molecule has 0 aliphatic rings. The first-order valence-electron chi connectivity index (χ1n) is 5.82. The molecule has 3 rings (SSSR count). The van der Waals surface area contributed by atoms with Gasteiger partial charge in [-0.15, -0.1) is 0 Å². The molecule has 3 nitrogen and oxygen atoms in total. The van der Waals surface area contributed by atoms with Gasteiger partial charge in [0.1, 0.15) is 17.5 Å². The van der Waals surface area contributed by atoms with Crippen molar-refractivity contribution in [2.24, 2.45) is 0 Å². The van der Waals surface area contributed by atoms with Gasteiger partial charge in [-0.1, -0.05) is 30.3 Å². The zero-order valence-corrected chi connectivity index (χ0v) is 11.5. The predicted octanol–water partition coefficient (Wildman–Crippen LogP) is 4.55. The van der Waals surface area contributed by atoms with E-state index in [1.807, 2.05) is 48.5 Å². The van der Waals surface area contributed by atoms with Gasteiger partial charge in [-0.25, -0.2) is 0 Å². The Kier molecular flexibility index (Phi) is 2.98. The van der Waals surface area contributed by atoms with Gasteiger partial charge >= 0.3 is 0 Å². The summed E-state index contributed by atoms with van der Waals surface area (Å²) in [6.45, 7) is 0. The lowest BCUT2D eigenvalue weighted by Gasteiger charge is -2.06. The number of benzene rings is 2. The van der Waals surface area contributed by atoms with Crippen molar-refractivity contribution < 1.29 is 0 Å². The fraction of sp³-hybridized carbons (Fsp3) is 0. The third-order valence-corrected chi connectivity index (χ3v) is 3.64. The molecule has 2 N–H and O–H groups in total. The zero-order valence-electron chi connectivity index (χ0n) is 9.94. The number of para-hydroxylation sites is 2. The molecule has 1 heterocycles. The summed E-state index contributed by atoms with van der Waals surface area (Å²) in [6, 6.07) is 17.8. The molecule has 0 atom stereocenters. The van der Waals surface area contributed by atoms with E-state index in [1.54, 1.807) is 0 Å². The number of anilines is 2. The normalized spacial score (nSPS) is 10.3. The molecule has 92 valence electrons. The summed E-state index contributed by atoms with van der Waals surface area (Å²) in [4.78, 5) is 3.24. The van der Waals surface area contributed by atoms with E-state index in [-0.39, 0.29) is 0 Å². The van der Waals surface area contributed by atoms with Crippen molar-refractivity contribution in [2.45, 2.75) is 0 Å². The van der Waals surface area contributed by atoms with Crippen LogP contribution in [-0.4, -0.2) is 4.98 Å². The average molecular weight is 312 g/mol. The number of rotatable bonds is 2. The molecule has 0 saturated heterocycles. The third-order valence-electron chi connectivity index (χ3n) is 2.95. The number of hydrogen-bond donors (Lipinski definition) is 2. The standard InChI is InChI=1S/C15H10BrN3/c16-12-6-2-4-8-14(12)19-15-11(9-17)10-5-1-3-7-13(10)18-15/h1-8,18-19H. The molecule has 2 aromatic carbocycles. The van der Waals surface area contributed by atoms with E-state index in [0.717, 1.165) is 26.9 Å². The highest BCUT2D eigenvalue weighted by Gasteiger charge is 2.11. The van der Waals surface area contributed by atoms with Crippen molar-refractivity contribution >= 4 is 38.3 Å². The molecule has 0 saturated carbocycles. The molecule has 4 heteroatoms. The van der Waals surface area contributed by atoms with E-state index in [1.165, 1.54) is 0 Å². The van der Waals surface area contributed by atoms with Crippen LogP contribution in [0, 0.1) is 11.3 Å². The molecule has 3 aromatic rings. The summed E-state index contributed by atoms with van der Waals surface area (Å²) in [6.07, 6.45) is 0.